The first kappa shape index (κ1) is 15.3. The Balaban J connectivity index is 3.61. The van der Waals surface area contributed by atoms with Crippen molar-refractivity contribution in [2.45, 2.75) is 24.8 Å². The molecule has 0 unspecified atom stereocenters. The van der Waals surface area contributed by atoms with Crippen molar-refractivity contribution in [2.24, 2.45) is 0 Å². The monoisotopic (exact) mass is 288 g/mol. The molecule has 1 rings (SSSR count). The zero-order chi connectivity index (χ0) is 14.8. The van der Waals surface area contributed by atoms with Crippen LogP contribution < -0.4 is 9.47 Å². The van der Waals surface area contributed by atoms with Gasteiger partial charge in [-0.3, -0.25) is 0 Å². The van der Waals surface area contributed by atoms with Crippen molar-refractivity contribution in [1.29, 1.82) is 0 Å². The number of hydrogen-bond donors (Lipinski definition) is 1. The van der Waals surface area contributed by atoms with Gasteiger partial charge in [0.15, 0.2) is 15.6 Å². The fourth-order valence-electron chi connectivity index (χ4n) is 1.59. The quantitative estimate of drug-likeness (QED) is 0.884. The molecule has 0 saturated heterocycles. The lowest BCUT2D eigenvalue weighted by Crippen LogP contribution is -2.13. The summed E-state index contributed by atoms with van der Waals surface area (Å²) >= 11 is 0. The molecular weight excluding hydrogens is 272 g/mol. The highest BCUT2D eigenvalue weighted by Gasteiger charge is 2.26. The number of methoxy groups -OCH3 is 1. The van der Waals surface area contributed by atoms with Crippen molar-refractivity contribution >= 4 is 15.8 Å². The predicted octanol–water partition coefficient (Wildman–Crippen LogP) is 1.58. The van der Waals surface area contributed by atoms with Gasteiger partial charge in [-0.05, 0) is 26.0 Å². The number of rotatable bonds is 5. The van der Waals surface area contributed by atoms with Crippen molar-refractivity contribution in [2.75, 3.05) is 13.4 Å². The van der Waals surface area contributed by atoms with Gasteiger partial charge in [-0.25, -0.2) is 13.2 Å². The van der Waals surface area contributed by atoms with E-state index in [1.165, 1.54) is 19.2 Å². The molecule has 0 aromatic heterocycles. The van der Waals surface area contributed by atoms with Crippen LogP contribution in [0.5, 0.6) is 11.5 Å². The number of carboxylic acids is 1. The number of hydrogen-bond acceptors (Lipinski definition) is 5. The van der Waals surface area contributed by atoms with Crippen LogP contribution >= 0.6 is 0 Å². The van der Waals surface area contributed by atoms with E-state index in [1.54, 1.807) is 13.8 Å². The maximum Gasteiger partial charge on any atom is 0.343 e. The Morgan fingerprint density at radius 3 is 2.26 bits per heavy atom. The Bertz CT molecular complexity index is 588. The molecule has 0 fully saturated rings. The summed E-state index contributed by atoms with van der Waals surface area (Å²) in [4.78, 5) is 11.1. The molecule has 6 nitrogen and oxygen atoms in total. The van der Waals surface area contributed by atoms with Crippen LogP contribution in [0, 0.1) is 0 Å². The van der Waals surface area contributed by atoms with Gasteiger partial charge in [0.1, 0.15) is 16.2 Å². The highest BCUT2D eigenvalue weighted by atomic mass is 32.2. The van der Waals surface area contributed by atoms with Gasteiger partial charge in [0.2, 0.25) is 0 Å². The van der Waals surface area contributed by atoms with Crippen LogP contribution in [0.2, 0.25) is 0 Å². The molecule has 0 aliphatic carbocycles. The summed E-state index contributed by atoms with van der Waals surface area (Å²) in [6.45, 7) is 3.48. The molecule has 1 N–H and O–H groups in total. The standard InChI is InChI=1S/C12H16O6S/c1-7(2)18-8-5-6-9(19(4,15)16)11(17-3)10(8)12(13)14/h5-7H,1-4H3,(H,13,14). The van der Waals surface area contributed by atoms with Gasteiger partial charge in [-0.15, -0.1) is 0 Å². The Hall–Kier alpha value is -1.76. The van der Waals surface area contributed by atoms with Crippen LogP contribution in [0.15, 0.2) is 17.0 Å². The van der Waals surface area contributed by atoms with Crippen LogP contribution in [0.4, 0.5) is 0 Å². The highest BCUT2D eigenvalue weighted by molar-refractivity contribution is 7.90. The minimum absolute atomic E-state index is 0.0757. The van der Waals surface area contributed by atoms with Crippen molar-refractivity contribution in [3.8, 4) is 11.5 Å². The third-order valence-electron chi connectivity index (χ3n) is 2.26. The van der Waals surface area contributed by atoms with E-state index < -0.39 is 15.8 Å². The zero-order valence-corrected chi connectivity index (χ0v) is 11.9. The van der Waals surface area contributed by atoms with E-state index in [-0.39, 0.29) is 28.1 Å². The molecule has 7 heteroatoms. The molecule has 106 valence electrons. The van der Waals surface area contributed by atoms with Gasteiger partial charge in [-0.2, -0.15) is 0 Å². The summed E-state index contributed by atoms with van der Waals surface area (Å²) in [5.74, 6) is -1.45. The highest BCUT2D eigenvalue weighted by Crippen LogP contribution is 2.35. The van der Waals surface area contributed by atoms with Crippen LogP contribution in [-0.2, 0) is 9.84 Å². The van der Waals surface area contributed by atoms with Gasteiger partial charge in [0.25, 0.3) is 0 Å². The number of carbonyl (C=O) groups is 1. The minimum atomic E-state index is -3.59. The first-order valence-electron chi connectivity index (χ1n) is 5.49. The molecule has 1 aromatic carbocycles. The molecule has 0 bridgehead atoms. The summed E-state index contributed by atoms with van der Waals surface area (Å²) in [5.41, 5.74) is -0.292. The topological polar surface area (TPSA) is 89.9 Å². The Kier molecular flexibility index (Phi) is 4.41. The first-order valence-corrected chi connectivity index (χ1v) is 7.38. The lowest BCUT2D eigenvalue weighted by molar-refractivity contribution is 0.0686. The molecule has 0 atom stereocenters. The normalized spacial score (nSPS) is 11.4. The van der Waals surface area contributed by atoms with Crippen molar-refractivity contribution in [1.82, 2.24) is 0 Å². The lowest BCUT2D eigenvalue weighted by Gasteiger charge is -2.16. The third kappa shape index (κ3) is 3.37. The second kappa shape index (κ2) is 5.48. The number of benzene rings is 1. The van der Waals surface area contributed by atoms with E-state index in [2.05, 4.69) is 0 Å². The van der Waals surface area contributed by atoms with E-state index in [0.717, 1.165) is 6.26 Å². The van der Waals surface area contributed by atoms with Crippen molar-refractivity contribution in [3.05, 3.63) is 17.7 Å². The Morgan fingerprint density at radius 1 is 1.32 bits per heavy atom. The lowest BCUT2D eigenvalue weighted by atomic mass is 10.1. The maximum atomic E-state index is 11.6. The summed E-state index contributed by atoms with van der Waals surface area (Å²) in [7, 11) is -2.37. The number of carboxylic acid groups (broad SMARTS) is 1. The van der Waals surface area contributed by atoms with Gasteiger partial charge in [0, 0.05) is 6.26 Å². The molecular formula is C12H16O6S. The Labute approximate surface area is 111 Å². The van der Waals surface area contributed by atoms with Crippen molar-refractivity contribution in [3.63, 3.8) is 0 Å². The van der Waals surface area contributed by atoms with Gasteiger partial charge >= 0.3 is 5.97 Å². The first-order chi connectivity index (χ1) is 8.68. The van der Waals surface area contributed by atoms with Crippen LogP contribution in [0.3, 0.4) is 0 Å². The molecule has 0 heterocycles. The maximum absolute atomic E-state index is 11.6. The third-order valence-corrected chi connectivity index (χ3v) is 3.38. The smallest absolute Gasteiger partial charge is 0.343 e. The number of sulfone groups is 1. The van der Waals surface area contributed by atoms with Gasteiger partial charge in [-0.1, -0.05) is 0 Å². The van der Waals surface area contributed by atoms with E-state index in [1.807, 2.05) is 0 Å². The van der Waals surface area contributed by atoms with Crippen LogP contribution in [0.1, 0.15) is 24.2 Å². The minimum Gasteiger partial charge on any atom is -0.494 e. The average molecular weight is 288 g/mol. The molecule has 0 radical (unpaired) electrons. The van der Waals surface area contributed by atoms with Gasteiger partial charge < -0.3 is 14.6 Å². The number of aromatic carboxylic acids is 1. The average Bonchev–Trinajstić information content (AvgIpc) is 2.25. The predicted molar refractivity (Wildman–Crippen MR) is 68.8 cm³/mol. The van der Waals surface area contributed by atoms with E-state index >= 15 is 0 Å². The Morgan fingerprint density at radius 2 is 1.89 bits per heavy atom. The molecule has 19 heavy (non-hydrogen) atoms. The summed E-state index contributed by atoms with van der Waals surface area (Å²) in [5, 5.41) is 9.23. The second-order valence-electron chi connectivity index (χ2n) is 4.21. The second-order valence-corrected chi connectivity index (χ2v) is 6.20. The summed E-state index contributed by atoms with van der Waals surface area (Å²) in [6, 6.07) is 2.60. The molecule has 0 aliphatic rings. The number of ether oxygens (including phenoxy) is 2. The SMILES string of the molecule is COc1c(S(C)(=O)=O)ccc(OC(C)C)c1C(=O)O. The molecule has 0 aliphatic heterocycles. The summed E-state index contributed by atoms with van der Waals surface area (Å²) in [6.07, 6.45) is 0.742. The largest absolute Gasteiger partial charge is 0.494 e. The van der Waals surface area contributed by atoms with Crippen LogP contribution in [-0.4, -0.2) is 39.0 Å². The van der Waals surface area contributed by atoms with E-state index in [0.29, 0.717) is 0 Å². The summed E-state index contributed by atoms with van der Waals surface area (Å²) < 4.78 is 33.5. The molecule has 0 spiro atoms. The van der Waals surface area contributed by atoms with E-state index in [4.69, 9.17) is 9.47 Å². The fourth-order valence-corrected chi connectivity index (χ4v) is 2.43. The van der Waals surface area contributed by atoms with E-state index in [9.17, 15) is 18.3 Å². The van der Waals surface area contributed by atoms with Crippen LogP contribution in [0.25, 0.3) is 0 Å². The molecule has 0 saturated carbocycles. The molecule has 0 amide bonds. The van der Waals surface area contributed by atoms with Gasteiger partial charge in [0.05, 0.1) is 13.2 Å². The fraction of sp³-hybridized carbons (Fsp3) is 0.417. The van der Waals surface area contributed by atoms with Crippen molar-refractivity contribution < 1.29 is 27.8 Å². The zero-order valence-electron chi connectivity index (χ0n) is 11.1. The molecule has 1 aromatic rings.